The van der Waals surface area contributed by atoms with Crippen LogP contribution in [0.4, 0.5) is 4.79 Å². The molecule has 0 N–H and O–H groups in total. The summed E-state index contributed by atoms with van der Waals surface area (Å²) in [5.74, 6) is 0. The van der Waals surface area contributed by atoms with Crippen LogP contribution in [0.2, 0.25) is 0 Å². The highest BCUT2D eigenvalue weighted by atomic mass is 16.6. The van der Waals surface area contributed by atoms with Crippen LogP contribution in [0.15, 0.2) is 30.3 Å². The van der Waals surface area contributed by atoms with E-state index in [1.54, 1.807) is 0 Å². The minimum Gasteiger partial charge on any atom is -0.445 e. The van der Waals surface area contributed by atoms with E-state index in [0.29, 0.717) is 12.6 Å². The Morgan fingerprint density at radius 1 is 1.05 bits per heavy atom. The number of likely N-dealkylation sites (tertiary alicyclic amines) is 2. The standard InChI is InChI=1S/C18H26N2O2/c21-18(22-15-16-8-3-1-4-9-16)20-13-7-10-17(14-20)19-11-5-2-6-12-19/h1,3-4,8-9,17H,2,5-7,10-15H2. The molecule has 22 heavy (non-hydrogen) atoms. The molecule has 2 fully saturated rings. The number of hydrogen-bond donors (Lipinski definition) is 0. The van der Waals surface area contributed by atoms with Gasteiger partial charge in [-0.2, -0.15) is 0 Å². The predicted octanol–water partition coefficient (Wildman–Crippen LogP) is 3.27. The molecule has 3 rings (SSSR count). The first kappa shape index (κ1) is 15.3. The normalized spacial score (nSPS) is 23.3. The van der Waals surface area contributed by atoms with Crippen molar-refractivity contribution in [2.45, 2.75) is 44.8 Å². The Labute approximate surface area is 133 Å². The maximum atomic E-state index is 12.3. The summed E-state index contributed by atoms with van der Waals surface area (Å²) in [5.41, 5.74) is 1.04. The molecule has 0 spiro atoms. The highest BCUT2D eigenvalue weighted by Crippen LogP contribution is 2.20. The van der Waals surface area contributed by atoms with E-state index in [2.05, 4.69) is 4.90 Å². The highest BCUT2D eigenvalue weighted by molar-refractivity contribution is 5.67. The van der Waals surface area contributed by atoms with Gasteiger partial charge in [-0.15, -0.1) is 0 Å². The van der Waals surface area contributed by atoms with Gasteiger partial charge in [0.15, 0.2) is 0 Å². The lowest BCUT2D eigenvalue weighted by Crippen LogP contribution is -2.51. The number of ether oxygens (including phenoxy) is 1. The zero-order valence-corrected chi connectivity index (χ0v) is 13.2. The van der Waals surface area contributed by atoms with Gasteiger partial charge in [0.1, 0.15) is 6.61 Å². The molecule has 0 aliphatic carbocycles. The Balaban J connectivity index is 1.49. The van der Waals surface area contributed by atoms with Gasteiger partial charge in [-0.1, -0.05) is 36.8 Å². The average Bonchev–Trinajstić information content (AvgIpc) is 2.61. The van der Waals surface area contributed by atoms with Gasteiger partial charge in [-0.3, -0.25) is 4.90 Å². The number of carbonyl (C=O) groups excluding carboxylic acids is 1. The third kappa shape index (κ3) is 4.01. The summed E-state index contributed by atoms with van der Waals surface area (Å²) in [7, 11) is 0. The molecule has 4 nitrogen and oxygen atoms in total. The lowest BCUT2D eigenvalue weighted by molar-refractivity contribution is 0.0549. The predicted molar refractivity (Wildman–Crippen MR) is 86.6 cm³/mol. The van der Waals surface area contributed by atoms with E-state index in [0.717, 1.165) is 25.1 Å². The molecular formula is C18H26N2O2. The first-order chi connectivity index (χ1) is 10.8. The second-order valence-corrected chi connectivity index (χ2v) is 6.38. The van der Waals surface area contributed by atoms with Crippen molar-refractivity contribution in [1.29, 1.82) is 0 Å². The van der Waals surface area contributed by atoms with E-state index in [1.165, 1.54) is 38.8 Å². The molecular weight excluding hydrogens is 276 g/mol. The highest BCUT2D eigenvalue weighted by Gasteiger charge is 2.29. The Hall–Kier alpha value is -1.55. The van der Waals surface area contributed by atoms with Crippen LogP contribution >= 0.6 is 0 Å². The van der Waals surface area contributed by atoms with Crippen molar-refractivity contribution in [2.75, 3.05) is 26.2 Å². The molecule has 0 aromatic heterocycles. The fourth-order valence-corrected chi connectivity index (χ4v) is 3.51. The van der Waals surface area contributed by atoms with Crippen molar-refractivity contribution in [3.63, 3.8) is 0 Å². The van der Waals surface area contributed by atoms with E-state index < -0.39 is 0 Å². The van der Waals surface area contributed by atoms with Gasteiger partial charge in [0.25, 0.3) is 0 Å². The van der Waals surface area contributed by atoms with E-state index >= 15 is 0 Å². The molecule has 4 heteroatoms. The fraction of sp³-hybridized carbons (Fsp3) is 0.611. The Kier molecular flexibility index (Phi) is 5.33. The molecule has 1 unspecified atom stereocenters. The summed E-state index contributed by atoms with van der Waals surface area (Å²) in [6, 6.07) is 10.4. The van der Waals surface area contributed by atoms with Crippen LogP contribution < -0.4 is 0 Å². The zero-order valence-electron chi connectivity index (χ0n) is 13.2. The third-order valence-corrected chi connectivity index (χ3v) is 4.77. The summed E-state index contributed by atoms with van der Waals surface area (Å²) in [5, 5.41) is 0. The minimum atomic E-state index is -0.162. The van der Waals surface area contributed by atoms with Crippen LogP contribution in [-0.2, 0) is 11.3 Å². The second kappa shape index (κ2) is 7.63. The molecule has 0 bridgehead atoms. The zero-order chi connectivity index (χ0) is 15.2. The van der Waals surface area contributed by atoms with Gasteiger partial charge in [-0.25, -0.2) is 4.79 Å². The SMILES string of the molecule is O=C(OCc1ccccc1)N1CCCC(N2CCCCC2)C1. The van der Waals surface area contributed by atoms with Crippen molar-refractivity contribution < 1.29 is 9.53 Å². The van der Waals surface area contributed by atoms with Crippen molar-refractivity contribution in [3.8, 4) is 0 Å². The van der Waals surface area contributed by atoms with E-state index in [-0.39, 0.29) is 6.09 Å². The van der Waals surface area contributed by atoms with E-state index in [4.69, 9.17) is 4.74 Å². The number of carbonyl (C=O) groups is 1. The number of hydrogen-bond acceptors (Lipinski definition) is 3. The molecule has 2 heterocycles. The number of nitrogens with zero attached hydrogens (tertiary/aromatic N) is 2. The maximum absolute atomic E-state index is 12.3. The molecule has 2 aliphatic rings. The van der Waals surface area contributed by atoms with Gasteiger partial charge < -0.3 is 9.64 Å². The first-order valence-corrected chi connectivity index (χ1v) is 8.52. The van der Waals surface area contributed by atoms with Crippen molar-refractivity contribution in [2.24, 2.45) is 0 Å². The molecule has 2 aliphatic heterocycles. The molecule has 1 atom stereocenters. The van der Waals surface area contributed by atoms with Crippen LogP contribution in [0.1, 0.15) is 37.7 Å². The molecule has 1 aromatic rings. The Bertz CT molecular complexity index is 471. The third-order valence-electron chi connectivity index (χ3n) is 4.77. The van der Waals surface area contributed by atoms with Gasteiger partial charge >= 0.3 is 6.09 Å². The largest absolute Gasteiger partial charge is 0.445 e. The summed E-state index contributed by atoms with van der Waals surface area (Å²) in [6.07, 6.45) is 6.09. The van der Waals surface area contributed by atoms with Crippen molar-refractivity contribution in [3.05, 3.63) is 35.9 Å². The fourth-order valence-electron chi connectivity index (χ4n) is 3.51. The van der Waals surface area contributed by atoms with Crippen molar-refractivity contribution >= 4 is 6.09 Å². The van der Waals surface area contributed by atoms with Gasteiger partial charge in [0.2, 0.25) is 0 Å². The molecule has 120 valence electrons. The van der Waals surface area contributed by atoms with E-state index in [9.17, 15) is 4.79 Å². The minimum absolute atomic E-state index is 0.162. The molecule has 1 aromatic carbocycles. The number of piperidine rings is 2. The van der Waals surface area contributed by atoms with Gasteiger partial charge in [0.05, 0.1) is 0 Å². The number of benzene rings is 1. The maximum Gasteiger partial charge on any atom is 0.410 e. The Morgan fingerprint density at radius 3 is 2.59 bits per heavy atom. The lowest BCUT2D eigenvalue weighted by atomic mass is 10.0. The Morgan fingerprint density at radius 2 is 1.82 bits per heavy atom. The summed E-state index contributed by atoms with van der Waals surface area (Å²) < 4.78 is 5.47. The molecule has 2 saturated heterocycles. The van der Waals surface area contributed by atoms with Crippen LogP contribution in [-0.4, -0.2) is 48.1 Å². The van der Waals surface area contributed by atoms with Crippen LogP contribution in [0.3, 0.4) is 0 Å². The molecule has 0 saturated carbocycles. The lowest BCUT2D eigenvalue weighted by Gasteiger charge is -2.40. The quantitative estimate of drug-likeness (QED) is 0.859. The summed E-state index contributed by atoms with van der Waals surface area (Å²) >= 11 is 0. The van der Waals surface area contributed by atoms with Gasteiger partial charge in [-0.05, 0) is 44.3 Å². The second-order valence-electron chi connectivity index (χ2n) is 6.38. The average molecular weight is 302 g/mol. The monoisotopic (exact) mass is 302 g/mol. The van der Waals surface area contributed by atoms with Crippen LogP contribution in [0.5, 0.6) is 0 Å². The molecule has 0 radical (unpaired) electrons. The van der Waals surface area contributed by atoms with Crippen LogP contribution in [0.25, 0.3) is 0 Å². The molecule has 1 amide bonds. The van der Waals surface area contributed by atoms with Crippen molar-refractivity contribution in [1.82, 2.24) is 9.80 Å². The summed E-state index contributed by atoms with van der Waals surface area (Å²) in [6.45, 7) is 4.41. The van der Waals surface area contributed by atoms with E-state index in [1.807, 2.05) is 35.2 Å². The number of amides is 1. The topological polar surface area (TPSA) is 32.8 Å². The number of rotatable bonds is 3. The van der Waals surface area contributed by atoms with Gasteiger partial charge in [0, 0.05) is 19.1 Å². The smallest absolute Gasteiger partial charge is 0.410 e. The van der Waals surface area contributed by atoms with Crippen LogP contribution in [0, 0.1) is 0 Å². The summed E-state index contributed by atoms with van der Waals surface area (Å²) in [4.78, 5) is 16.7. The first-order valence-electron chi connectivity index (χ1n) is 8.52.